The number of oxazole rings is 1. The summed E-state index contributed by atoms with van der Waals surface area (Å²) >= 11 is 7.59. The van der Waals surface area contributed by atoms with Crippen molar-refractivity contribution in [1.82, 2.24) is 9.97 Å². The Morgan fingerprint density at radius 3 is 3.06 bits per heavy atom. The summed E-state index contributed by atoms with van der Waals surface area (Å²) in [6.07, 6.45) is 4.23. The highest BCUT2D eigenvalue weighted by molar-refractivity contribution is 7.98. The van der Waals surface area contributed by atoms with Crippen molar-refractivity contribution in [2.75, 3.05) is 11.9 Å². The summed E-state index contributed by atoms with van der Waals surface area (Å²) in [5, 5.41) is 4.52. The maximum Gasteiger partial charge on any atom is 0.255 e. The minimum Gasteiger partial charge on any atom is -0.440 e. The maximum absolute atomic E-state index is 6.12. The average Bonchev–Trinajstić information content (AvgIpc) is 2.89. The topological polar surface area (TPSA) is 51.0 Å². The Kier molecular flexibility index (Phi) is 4.90. The zero-order chi connectivity index (χ0) is 12.8. The molecule has 6 heteroatoms. The first-order valence-corrected chi connectivity index (χ1v) is 7.07. The molecule has 0 amide bonds. The molecule has 1 N–H and O–H groups in total. The van der Waals surface area contributed by atoms with Crippen LogP contribution in [0.15, 0.2) is 34.2 Å². The van der Waals surface area contributed by atoms with Gasteiger partial charge in [0.05, 0.1) is 16.9 Å². The predicted octanol–water partition coefficient (Wildman–Crippen LogP) is 3.84. The molecular formula is C12H14ClN3OS. The number of anilines is 1. The van der Waals surface area contributed by atoms with Gasteiger partial charge in [0.25, 0.3) is 5.22 Å². The van der Waals surface area contributed by atoms with Crippen molar-refractivity contribution in [2.45, 2.75) is 24.3 Å². The van der Waals surface area contributed by atoms with E-state index in [1.807, 2.05) is 12.1 Å². The van der Waals surface area contributed by atoms with E-state index in [2.05, 4.69) is 22.2 Å². The van der Waals surface area contributed by atoms with Crippen LogP contribution < -0.4 is 5.32 Å². The average molecular weight is 284 g/mol. The molecule has 0 fully saturated rings. The van der Waals surface area contributed by atoms with Crippen LogP contribution in [-0.4, -0.2) is 16.5 Å². The molecule has 0 aliphatic rings. The van der Waals surface area contributed by atoms with Gasteiger partial charge in [-0.3, -0.25) is 0 Å². The van der Waals surface area contributed by atoms with E-state index in [4.69, 9.17) is 16.0 Å². The molecule has 4 nitrogen and oxygen atoms in total. The number of thioether (sulfide) groups is 1. The van der Waals surface area contributed by atoms with Gasteiger partial charge < -0.3 is 9.73 Å². The van der Waals surface area contributed by atoms with E-state index in [9.17, 15) is 0 Å². The normalized spacial score (nSPS) is 10.6. The minimum absolute atomic E-state index is 0.625. The Balaban J connectivity index is 2.01. The van der Waals surface area contributed by atoms with E-state index >= 15 is 0 Å². The summed E-state index contributed by atoms with van der Waals surface area (Å²) in [4.78, 5) is 8.52. The van der Waals surface area contributed by atoms with Gasteiger partial charge in [0.2, 0.25) is 0 Å². The van der Waals surface area contributed by atoms with Crippen LogP contribution in [0.1, 0.15) is 19.0 Å². The number of nitrogens with one attached hydrogen (secondary N) is 1. The highest BCUT2D eigenvalue weighted by Gasteiger charge is 2.06. The quantitative estimate of drug-likeness (QED) is 0.816. The maximum atomic E-state index is 6.12. The van der Waals surface area contributed by atoms with Crippen LogP contribution in [0.4, 0.5) is 5.82 Å². The molecule has 0 aliphatic heterocycles. The number of aromatic nitrogens is 2. The van der Waals surface area contributed by atoms with Crippen molar-refractivity contribution in [2.24, 2.45) is 0 Å². The lowest BCUT2D eigenvalue weighted by Gasteiger charge is -2.07. The van der Waals surface area contributed by atoms with E-state index in [0.717, 1.165) is 24.5 Å². The molecular weight excluding hydrogens is 270 g/mol. The molecule has 0 radical (unpaired) electrons. The fraction of sp³-hybridized carbons (Fsp3) is 0.333. The molecule has 0 unspecified atom stereocenters. The van der Waals surface area contributed by atoms with Crippen molar-refractivity contribution in [3.63, 3.8) is 0 Å². The largest absolute Gasteiger partial charge is 0.440 e. The fourth-order valence-electron chi connectivity index (χ4n) is 1.35. The molecule has 0 saturated heterocycles. The van der Waals surface area contributed by atoms with Gasteiger partial charge in [-0.25, -0.2) is 9.97 Å². The smallest absolute Gasteiger partial charge is 0.255 e. The third-order valence-electron chi connectivity index (χ3n) is 2.22. The van der Waals surface area contributed by atoms with Gasteiger partial charge in [-0.2, -0.15) is 0 Å². The van der Waals surface area contributed by atoms with E-state index < -0.39 is 0 Å². The molecule has 2 rings (SSSR count). The van der Waals surface area contributed by atoms with Gasteiger partial charge in [0.1, 0.15) is 12.1 Å². The number of pyridine rings is 1. The molecule has 2 aromatic rings. The number of hydrogen-bond acceptors (Lipinski definition) is 5. The summed E-state index contributed by atoms with van der Waals surface area (Å²) in [5.41, 5.74) is 0.834. The molecule has 0 aromatic carbocycles. The van der Waals surface area contributed by atoms with Gasteiger partial charge in [-0.05, 0) is 18.6 Å². The van der Waals surface area contributed by atoms with Gasteiger partial charge >= 0.3 is 0 Å². The second-order valence-corrected chi connectivity index (χ2v) is 4.97. The Hall–Kier alpha value is -1.20. The summed E-state index contributed by atoms with van der Waals surface area (Å²) in [6.45, 7) is 3.02. The fourth-order valence-corrected chi connectivity index (χ4v) is 2.34. The molecule has 0 aliphatic carbocycles. The van der Waals surface area contributed by atoms with Crippen molar-refractivity contribution in [3.05, 3.63) is 35.3 Å². The molecule has 0 saturated carbocycles. The van der Waals surface area contributed by atoms with Crippen LogP contribution in [0.25, 0.3) is 0 Å². The van der Waals surface area contributed by atoms with Gasteiger partial charge in [0, 0.05) is 12.3 Å². The van der Waals surface area contributed by atoms with Crippen molar-refractivity contribution in [3.8, 4) is 0 Å². The lowest BCUT2D eigenvalue weighted by Crippen LogP contribution is -2.03. The Morgan fingerprint density at radius 2 is 2.33 bits per heavy atom. The van der Waals surface area contributed by atoms with Gasteiger partial charge in [-0.1, -0.05) is 30.3 Å². The van der Waals surface area contributed by atoms with E-state index in [1.54, 1.807) is 12.5 Å². The van der Waals surface area contributed by atoms with Crippen molar-refractivity contribution < 1.29 is 4.42 Å². The number of halogens is 1. The number of nitrogens with zero attached hydrogens (tertiary/aromatic N) is 2. The summed E-state index contributed by atoms with van der Waals surface area (Å²) in [5.74, 6) is 1.49. The van der Waals surface area contributed by atoms with Crippen molar-refractivity contribution in [1.29, 1.82) is 0 Å². The number of rotatable bonds is 6. The summed E-state index contributed by atoms with van der Waals surface area (Å²) in [6, 6.07) is 3.75. The van der Waals surface area contributed by atoms with Crippen LogP contribution in [-0.2, 0) is 5.75 Å². The summed E-state index contributed by atoms with van der Waals surface area (Å²) < 4.78 is 5.16. The molecule has 0 atom stereocenters. The zero-order valence-corrected chi connectivity index (χ0v) is 11.6. The predicted molar refractivity (Wildman–Crippen MR) is 74.1 cm³/mol. The molecule has 96 valence electrons. The first-order valence-electron chi connectivity index (χ1n) is 5.71. The molecule has 18 heavy (non-hydrogen) atoms. The van der Waals surface area contributed by atoms with E-state index in [1.165, 1.54) is 11.8 Å². The lowest BCUT2D eigenvalue weighted by molar-refractivity contribution is 0.454. The first-order chi connectivity index (χ1) is 8.79. The lowest BCUT2D eigenvalue weighted by atomic mass is 10.3. The van der Waals surface area contributed by atoms with Crippen molar-refractivity contribution >= 4 is 29.2 Å². The van der Waals surface area contributed by atoms with E-state index in [0.29, 0.717) is 16.0 Å². The van der Waals surface area contributed by atoms with Gasteiger partial charge in [-0.15, -0.1) is 0 Å². The standard InChI is InChI=1S/C12H14ClN3OS/c1-2-5-14-11-4-3-9(13)10(16-11)8-18-12-15-6-7-17-12/h3-4,6-7H,2,5,8H2,1H3,(H,14,16). The monoisotopic (exact) mass is 283 g/mol. The first kappa shape index (κ1) is 13.2. The third kappa shape index (κ3) is 3.65. The van der Waals surface area contributed by atoms with Crippen LogP contribution in [0.2, 0.25) is 5.02 Å². The molecule has 2 aromatic heterocycles. The second kappa shape index (κ2) is 6.66. The highest BCUT2D eigenvalue weighted by Crippen LogP contribution is 2.25. The Bertz CT molecular complexity index is 490. The van der Waals surface area contributed by atoms with Gasteiger partial charge in [0.15, 0.2) is 0 Å². The Morgan fingerprint density at radius 1 is 1.44 bits per heavy atom. The molecule has 0 spiro atoms. The highest BCUT2D eigenvalue weighted by atomic mass is 35.5. The van der Waals surface area contributed by atoms with E-state index in [-0.39, 0.29) is 0 Å². The molecule has 2 heterocycles. The molecule has 0 bridgehead atoms. The van der Waals surface area contributed by atoms with Crippen LogP contribution in [0.3, 0.4) is 0 Å². The Labute approximate surface area is 115 Å². The number of hydrogen-bond donors (Lipinski definition) is 1. The SMILES string of the molecule is CCCNc1ccc(Cl)c(CSc2ncco2)n1. The van der Waals surface area contributed by atoms with Crippen LogP contribution in [0.5, 0.6) is 0 Å². The summed E-state index contributed by atoms with van der Waals surface area (Å²) in [7, 11) is 0. The van der Waals surface area contributed by atoms with Crippen LogP contribution in [0, 0.1) is 0 Å². The van der Waals surface area contributed by atoms with Crippen LogP contribution >= 0.6 is 23.4 Å². The zero-order valence-electron chi connectivity index (χ0n) is 10.0. The third-order valence-corrected chi connectivity index (χ3v) is 3.43. The minimum atomic E-state index is 0.625. The second-order valence-electron chi connectivity index (χ2n) is 3.64.